The fourth-order valence-corrected chi connectivity index (χ4v) is 2.78. The summed E-state index contributed by atoms with van der Waals surface area (Å²) in [6.45, 7) is 3.90. The van der Waals surface area contributed by atoms with Gasteiger partial charge in [0.15, 0.2) is 0 Å². The lowest BCUT2D eigenvalue weighted by molar-refractivity contribution is -0.146. The van der Waals surface area contributed by atoms with Crippen LogP contribution in [0.2, 0.25) is 0 Å². The Balaban J connectivity index is 1.82. The average Bonchev–Trinajstić information content (AvgIpc) is 2.48. The van der Waals surface area contributed by atoms with Crippen LogP contribution in [-0.2, 0) is 9.53 Å². The summed E-state index contributed by atoms with van der Waals surface area (Å²) < 4.78 is 4.88. The molecule has 21 heavy (non-hydrogen) atoms. The van der Waals surface area contributed by atoms with Crippen molar-refractivity contribution in [3.8, 4) is 0 Å². The lowest BCUT2D eigenvalue weighted by Gasteiger charge is -2.35. The summed E-state index contributed by atoms with van der Waals surface area (Å²) >= 11 is 0. The zero-order chi connectivity index (χ0) is 15.2. The molecule has 1 aromatic rings. The number of carbonyl (C=O) groups excluding carboxylic acids is 1. The van der Waals surface area contributed by atoms with E-state index in [1.54, 1.807) is 6.92 Å². The zero-order valence-electron chi connectivity index (χ0n) is 12.5. The topological polar surface area (TPSA) is 75.8 Å². The number of ether oxygens (including phenoxy) is 1. The van der Waals surface area contributed by atoms with Crippen molar-refractivity contribution < 1.29 is 14.6 Å². The van der Waals surface area contributed by atoms with E-state index in [9.17, 15) is 9.90 Å². The van der Waals surface area contributed by atoms with E-state index in [-0.39, 0.29) is 18.3 Å². The van der Waals surface area contributed by atoms with Gasteiger partial charge in [-0.25, -0.2) is 0 Å². The molecule has 1 heterocycles. The number of hydrogen-bond donors (Lipinski definition) is 2. The predicted molar refractivity (Wildman–Crippen MR) is 83.0 cm³/mol. The first-order valence-corrected chi connectivity index (χ1v) is 7.54. The van der Waals surface area contributed by atoms with E-state index < -0.39 is 6.10 Å². The van der Waals surface area contributed by atoms with Gasteiger partial charge in [-0.1, -0.05) is 0 Å². The quantitative estimate of drug-likeness (QED) is 0.639. The Morgan fingerprint density at radius 2 is 2.00 bits per heavy atom. The molecule has 0 radical (unpaired) electrons. The van der Waals surface area contributed by atoms with Crippen LogP contribution in [0.1, 0.15) is 26.2 Å². The first-order valence-electron chi connectivity index (χ1n) is 7.54. The first kappa shape index (κ1) is 15.6. The number of carbonyl (C=O) groups is 1. The van der Waals surface area contributed by atoms with E-state index in [4.69, 9.17) is 10.5 Å². The Hall–Kier alpha value is -1.75. The number of nitrogen functional groups attached to an aromatic ring is 1. The molecule has 0 aromatic heterocycles. The molecule has 1 aliphatic heterocycles. The molecule has 3 N–H and O–H groups in total. The highest BCUT2D eigenvalue weighted by atomic mass is 16.5. The maximum atomic E-state index is 11.4. The summed E-state index contributed by atoms with van der Waals surface area (Å²) in [6, 6.07) is 7.84. The Morgan fingerprint density at radius 1 is 1.38 bits per heavy atom. The minimum atomic E-state index is -0.599. The summed E-state index contributed by atoms with van der Waals surface area (Å²) in [5, 5.41) is 10.1. The molecule has 1 atom stereocenters. The van der Waals surface area contributed by atoms with Gasteiger partial charge in [-0.05, 0) is 49.9 Å². The van der Waals surface area contributed by atoms with Crippen molar-refractivity contribution in [1.29, 1.82) is 0 Å². The van der Waals surface area contributed by atoms with Crippen LogP contribution < -0.4 is 10.6 Å². The molecule has 0 saturated carbocycles. The van der Waals surface area contributed by atoms with Gasteiger partial charge in [-0.2, -0.15) is 0 Å². The molecule has 0 bridgehead atoms. The fourth-order valence-electron chi connectivity index (χ4n) is 2.78. The van der Waals surface area contributed by atoms with Gasteiger partial charge in [-0.3, -0.25) is 4.79 Å². The number of rotatable bonds is 5. The van der Waals surface area contributed by atoms with E-state index in [0.717, 1.165) is 37.3 Å². The highest BCUT2D eigenvalue weighted by molar-refractivity contribution is 5.69. The Labute approximate surface area is 125 Å². The number of benzene rings is 1. The molecule has 0 aliphatic carbocycles. The number of aliphatic hydroxyl groups excluding tert-OH is 1. The number of anilines is 2. The summed E-state index contributed by atoms with van der Waals surface area (Å²) in [7, 11) is 0. The lowest BCUT2D eigenvalue weighted by Crippen LogP contribution is -2.38. The van der Waals surface area contributed by atoms with Gasteiger partial charge < -0.3 is 20.5 Å². The van der Waals surface area contributed by atoms with Crippen molar-refractivity contribution in [2.24, 2.45) is 5.92 Å². The number of aliphatic hydroxyl groups is 1. The molecule has 5 nitrogen and oxygen atoms in total. The van der Waals surface area contributed by atoms with Crippen LogP contribution in [0.3, 0.4) is 0 Å². The molecule has 2 rings (SSSR count). The van der Waals surface area contributed by atoms with Crippen molar-refractivity contribution >= 4 is 17.3 Å². The third-order valence-corrected chi connectivity index (χ3v) is 4.02. The van der Waals surface area contributed by atoms with Crippen LogP contribution in [0.25, 0.3) is 0 Å². The van der Waals surface area contributed by atoms with Crippen molar-refractivity contribution in [2.45, 2.75) is 32.3 Å². The second-order valence-electron chi connectivity index (χ2n) is 5.49. The van der Waals surface area contributed by atoms with Crippen molar-refractivity contribution in [3.63, 3.8) is 0 Å². The average molecular weight is 292 g/mol. The highest BCUT2D eigenvalue weighted by Crippen LogP contribution is 2.27. The van der Waals surface area contributed by atoms with Crippen LogP contribution in [0.15, 0.2) is 24.3 Å². The van der Waals surface area contributed by atoms with Crippen LogP contribution in [0.5, 0.6) is 0 Å². The van der Waals surface area contributed by atoms with Gasteiger partial charge in [-0.15, -0.1) is 0 Å². The van der Waals surface area contributed by atoms with Crippen molar-refractivity contribution in [3.05, 3.63) is 24.3 Å². The van der Waals surface area contributed by atoms with E-state index >= 15 is 0 Å². The van der Waals surface area contributed by atoms with Gasteiger partial charge in [0, 0.05) is 24.5 Å². The predicted octanol–water partition coefficient (Wildman–Crippen LogP) is 1.80. The van der Waals surface area contributed by atoms with Gasteiger partial charge >= 0.3 is 5.97 Å². The van der Waals surface area contributed by atoms with Gasteiger partial charge in [0.2, 0.25) is 0 Å². The third-order valence-electron chi connectivity index (χ3n) is 4.02. The maximum Gasteiger partial charge on any atom is 0.308 e. The van der Waals surface area contributed by atoms with Crippen LogP contribution in [0.4, 0.5) is 11.4 Å². The van der Waals surface area contributed by atoms with Crippen LogP contribution in [-0.4, -0.2) is 36.9 Å². The Morgan fingerprint density at radius 3 is 2.57 bits per heavy atom. The normalized spacial score (nSPS) is 17.5. The largest absolute Gasteiger partial charge is 0.466 e. The molecular weight excluding hydrogens is 268 g/mol. The summed E-state index contributed by atoms with van der Waals surface area (Å²) in [4.78, 5) is 13.7. The Bertz CT molecular complexity index is 453. The van der Waals surface area contributed by atoms with Gasteiger partial charge in [0.1, 0.15) is 0 Å². The molecule has 1 saturated heterocycles. The van der Waals surface area contributed by atoms with E-state index in [1.165, 1.54) is 0 Å². The molecule has 0 amide bonds. The molecule has 1 aliphatic rings. The van der Waals surface area contributed by atoms with E-state index in [2.05, 4.69) is 4.90 Å². The smallest absolute Gasteiger partial charge is 0.308 e. The highest BCUT2D eigenvalue weighted by Gasteiger charge is 2.27. The second-order valence-corrected chi connectivity index (χ2v) is 5.49. The Kier molecular flexibility index (Phi) is 5.44. The van der Waals surface area contributed by atoms with Gasteiger partial charge in [0.05, 0.1) is 19.1 Å². The fraction of sp³-hybridized carbons (Fsp3) is 0.562. The van der Waals surface area contributed by atoms with E-state index in [1.807, 2.05) is 24.3 Å². The molecule has 1 fully saturated rings. The first-order chi connectivity index (χ1) is 10.1. The number of esters is 1. The monoisotopic (exact) mass is 292 g/mol. The maximum absolute atomic E-state index is 11.4. The molecule has 5 heteroatoms. The summed E-state index contributed by atoms with van der Waals surface area (Å²) in [6.07, 6.45) is 1.26. The molecular formula is C16H24N2O3. The van der Waals surface area contributed by atoms with Crippen molar-refractivity contribution in [1.82, 2.24) is 0 Å². The third kappa shape index (κ3) is 4.36. The zero-order valence-corrected chi connectivity index (χ0v) is 12.5. The molecule has 116 valence electrons. The van der Waals surface area contributed by atoms with Crippen LogP contribution in [0, 0.1) is 5.92 Å². The van der Waals surface area contributed by atoms with E-state index in [0.29, 0.717) is 6.61 Å². The molecule has 1 aromatic carbocycles. The molecule has 0 spiro atoms. The number of piperidine rings is 1. The number of nitrogens with two attached hydrogens (primary N) is 1. The minimum Gasteiger partial charge on any atom is -0.466 e. The van der Waals surface area contributed by atoms with Gasteiger partial charge in [0.25, 0.3) is 0 Å². The summed E-state index contributed by atoms with van der Waals surface area (Å²) in [5.74, 6) is -0.148. The standard InChI is InChI=1S/C16H24N2O3/c1-2-21-16(20)11-15(19)12-7-9-18(10-8-12)14-5-3-13(17)4-6-14/h3-6,12,15,19H,2,7-11,17H2,1H3. The SMILES string of the molecule is CCOC(=O)CC(O)C1CCN(c2ccc(N)cc2)CC1. The second kappa shape index (κ2) is 7.31. The minimum absolute atomic E-state index is 0.0976. The summed E-state index contributed by atoms with van der Waals surface area (Å²) in [5.41, 5.74) is 7.61. The molecule has 1 unspecified atom stereocenters. The number of hydrogen-bond acceptors (Lipinski definition) is 5. The number of nitrogens with zero attached hydrogens (tertiary/aromatic N) is 1. The lowest BCUT2D eigenvalue weighted by atomic mass is 9.89. The van der Waals surface area contributed by atoms with Crippen molar-refractivity contribution in [2.75, 3.05) is 30.3 Å². The van der Waals surface area contributed by atoms with Crippen LogP contribution >= 0.6 is 0 Å².